The predicted molar refractivity (Wildman–Crippen MR) is 108 cm³/mol. The van der Waals surface area contributed by atoms with Crippen LogP contribution >= 0.6 is 0 Å². The Morgan fingerprint density at radius 3 is 2.82 bits per heavy atom. The average molecular weight is 381 g/mol. The van der Waals surface area contributed by atoms with Crippen molar-refractivity contribution in [1.82, 2.24) is 10.2 Å². The molecule has 0 bridgehead atoms. The summed E-state index contributed by atoms with van der Waals surface area (Å²) in [5, 5.41) is 17.0. The summed E-state index contributed by atoms with van der Waals surface area (Å²) in [6.45, 7) is 2.64. The molecule has 0 aliphatic carbocycles. The van der Waals surface area contributed by atoms with Gasteiger partial charge in [-0.2, -0.15) is 5.32 Å². The lowest BCUT2D eigenvalue weighted by Gasteiger charge is -2.33. The standard InChI is InChI=1S/C21H25N4O3/c22-17-3-1-2-4-20(17)28-13-16(26)12-25-9-7-14(8-10-25)15-5-6-18-19(11-15)24-21(27)23-18/h1-6,11,14,16,26H,7-10,12-13,22H2,(H,23,27). The number of nitrogens with one attached hydrogen (secondary N) is 1. The van der Waals surface area contributed by atoms with Gasteiger partial charge in [-0.3, -0.25) is 0 Å². The molecular formula is C21H25N4O3. The molecule has 147 valence electrons. The topological polar surface area (TPSA) is 102 Å². The molecule has 1 radical (unpaired) electrons. The lowest BCUT2D eigenvalue weighted by molar-refractivity contribution is 0.0597. The van der Waals surface area contributed by atoms with Crippen LogP contribution in [-0.4, -0.2) is 48.4 Å². The molecule has 4 N–H and O–H groups in total. The van der Waals surface area contributed by atoms with Crippen molar-refractivity contribution in [3.05, 3.63) is 48.0 Å². The van der Waals surface area contributed by atoms with Crippen LogP contribution in [0, 0.1) is 0 Å². The molecular weight excluding hydrogens is 356 g/mol. The monoisotopic (exact) mass is 381 g/mol. The van der Waals surface area contributed by atoms with Crippen LogP contribution in [0.5, 0.6) is 5.75 Å². The summed E-state index contributed by atoms with van der Waals surface area (Å²) in [4.78, 5) is 13.6. The SMILES string of the molecule is Nc1ccccc1OCC(O)CN1CCC(c2ccc3c(c2)[N]C(=O)N3)CC1. The van der Waals surface area contributed by atoms with E-state index < -0.39 is 6.10 Å². The van der Waals surface area contributed by atoms with Gasteiger partial charge in [-0.1, -0.05) is 18.2 Å². The van der Waals surface area contributed by atoms with E-state index in [0.29, 0.717) is 23.9 Å². The average Bonchev–Trinajstić information content (AvgIpc) is 3.07. The number of amides is 2. The van der Waals surface area contributed by atoms with Crippen molar-refractivity contribution in [2.24, 2.45) is 0 Å². The number of anilines is 2. The molecule has 7 heteroatoms. The number of nitrogens with two attached hydrogens (primary N) is 1. The molecule has 2 aliphatic rings. The van der Waals surface area contributed by atoms with Gasteiger partial charge in [0.15, 0.2) is 0 Å². The van der Waals surface area contributed by atoms with Gasteiger partial charge in [-0.25, -0.2) is 4.79 Å². The van der Waals surface area contributed by atoms with Crippen molar-refractivity contribution in [2.75, 3.05) is 37.3 Å². The van der Waals surface area contributed by atoms with E-state index in [0.717, 1.165) is 37.3 Å². The second-order valence-corrected chi connectivity index (χ2v) is 7.40. The quantitative estimate of drug-likeness (QED) is 0.668. The molecule has 2 amide bonds. The van der Waals surface area contributed by atoms with Crippen molar-refractivity contribution in [3.8, 4) is 5.75 Å². The molecule has 2 aliphatic heterocycles. The molecule has 0 spiro atoms. The summed E-state index contributed by atoms with van der Waals surface area (Å²) in [6, 6.07) is 13.0. The van der Waals surface area contributed by atoms with Crippen LogP contribution < -0.4 is 21.1 Å². The Labute approximate surface area is 164 Å². The van der Waals surface area contributed by atoms with Crippen molar-refractivity contribution < 1.29 is 14.6 Å². The van der Waals surface area contributed by atoms with E-state index in [1.165, 1.54) is 5.56 Å². The largest absolute Gasteiger partial charge is 0.489 e. The molecule has 4 rings (SSSR count). The van der Waals surface area contributed by atoms with Gasteiger partial charge in [-0.05, 0) is 61.7 Å². The lowest BCUT2D eigenvalue weighted by Crippen LogP contribution is -2.40. The number of carbonyl (C=O) groups excluding carboxylic acids is 1. The molecule has 0 aromatic heterocycles. The highest BCUT2D eigenvalue weighted by atomic mass is 16.5. The molecule has 1 fully saturated rings. The predicted octanol–water partition coefficient (Wildman–Crippen LogP) is 2.67. The number of aliphatic hydroxyl groups is 1. The van der Waals surface area contributed by atoms with E-state index in [1.54, 1.807) is 12.1 Å². The van der Waals surface area contributed by atoms with Gasteiger partial charge in [0.2, 0.25) is 0 Å². The van der Waals surface area contributed by atoms with Crippen LogP contribution in [0.25, 0.3) is 0 Å². The van der Waals surface area contributed by atoms with Crippen molar-refractivity contribution in [2.45, 2.75) is 24.9 Å². The third-order valence-electron chi connectivity index (χ3n) is 5.36. The first-order valence-electron chi connectivity index (χ1n) is 9.63. The summed E-state index contributed by atoms with van der Waals surface area (Å²) in [6.07, 6.45) is 1.46. The van der Waals surface area contributed by atoms with E-state index in [9.17, 15) is 9.90 Å². The maximum atomic E-state index is 11.4. The van der Waals surface area contributed by atoms with E-state index in [1.807, 2.05) is 24.3 Å². The summed E-state index contributed by atoms with van der Waals surface area (Å²) < 4.78 is 5.64. The zero-order valence-corrected chi connectivity index (χ0v) is 15.7. The number of carbonyl (C=O) groups is 1. The minimum Gasteiger partial charge on any atom is -0.489 e. The van der Waals surface area contributed by atoms with Crippen molar-refractivity contribution >= 4 is 23.1 Å². The van der Waals surface area contributed by atoms with E-state index in [4.69, 9.17) is 10.5 Å². The van der Waals surface area contributed by atoms with Crippen LogP contribution in [0.1, 0.15) is 24.3 Å². The Hall–Kier alpha value is -2.77. The smallest absolute Gasteiger partial charge is 0.346 e. The highest BCUT2D eigenvalue weighted by Gasteiger charge is 2.25. The Balaban J connectivity index is 1.25. The number of likely N-dealkylation sites (tertiary alicyclic amines) is 1. The summed E-state index contributed by atoms with van der Waals surface area (Å²) in [7, 11) is 0. The number of aliphatic hydroxyl groups excluding tert-OH is 1. The number of hydrogen-bond donors (Lipinski definition) is 3. The van der Waals surface area contributed by atoms with Gasteiger partial charge >= 0.3 is 6.03 Å². The Morgan fingerprint density at radius 1 is 1.25 bits per heavy atom. The Morgan fingerprint density at radius 2 is 2.04 bits per heavy atom. The number of para-hydroxylation sites is 2. The fourth-order valence-electron chi connectivity index (χ4n) is 3.85. The van der Waals surface area contributed by atoms with Crippen LogP contribution in [-0.2, 0) is 0 Å². The minimum absolute atomic E-state index is 0.224. The maximum Gasteiger partial charge on any atom is 0.346 e. The second-order valence-electron chi connectivity index (χ2n) is 7.40. The normalized spacial score (nSPS) is 18.2. The summed E-state index contributed by atoms with van der Waals surface area (Å²) in [5.41, 5.74) is 9.18. The molecule has 2 heterocycles. The number of ether oxygens (including phenoxy) is 1. The lowest BCUT2D eigenvalue weighted by atomic mass is 9.89. The number of nitrogen functional groups attached to an aromatic ring is 1. The van der Waals surface area contributed by atoms with Gasteiger partial charge in [0.1, 0.15) is 18.5 Å². The maximum absolute atomic E-state index is 11.4. The number of piperidine rings is 1. The Bertz CT molecular complexity index is 849. The number of urea groups is 1. The third kappa shape index (κ3) is 4.21. The fourth-order valence-corrected chi connectivity index (χ4v) is 3.85. The molecule has 2 aromatic rings. The number of hydrogen-bond acceptors (Lipinski definition) is 5. The van der Waals surface area contributed by atoms with E-state index >= 15 is 0 Å². The second kappa shape index (κ2) is 8.08. The molecule has 28 heavy (non-hydrogen) atoms. The molecule has 1 saturated heterocycles. The molecule has 1 unspecified atom stereocenters. The van der Waals surface area contributed by atoms with E-state index in [-0.39, 0.29) is 12.6 Å². The van der Waals surface area contributed by atoms with Gasteiger partial charge in [0, 0.05) is 6.54 Å². The number of fused-ring (bicyclic) bond motifs is 1. The molecule has 2 aromatic carbocycles. The number of rotatable bonds is 6. The first kappa shape index (κ1) is 18.6. The summed E-state index contributed by atoms with van der Waals surface area (Å²) in [5.74, 6) is 1.06. The van der Waals surface area contributed by atoms with Gasteiger partial charge in [0.25, 0.3) is 0 Å². The number of β-amino-alcohol motifs (C(OH)–C–C–N with tert-alkyl or cyclic N) is 1. The fraction of sp³-hybridized carbons (Fsp3) is 0.381. The van der Waals surface area contributed by atoms with Crippen molar-refractivity contribution in [3.63, 3.8) is 0 Å². The van der Waals surface area contributed by atoms with Gasteiger partial charge in [0.05, 0.1) is 17.1 Å². The molecule has 7 nitrogen and oxygen atoms in total. The highest BCUT2D eigenvalue weighted by molar-refractivity contribution is 6.02. The molecule has 0 saturated carbocycles. The van der Waals surface area contributed by atoms with Crippen LogP contribution in [0.4, 0.5) is 21.9 Å². The number of benzene rings is 2. The molecule has 1 atom stereocenters. The zero-order chi connectivity index (χ0) is 19.5. The van der Waals surface area contributed by atoms with Gasteiger partial charge in [-0.15, -0.1) is 0 Å². The summed E-state index contributed by atoms with van der Waals surface area (Å²) >= 11 is 0. The highest BCUT2D eigenvalue weighted by Crippen LogP contribution is 2.34. The first-order chi connectivity index (χ1) is 13.6. The Kier molecular flexibility index (Phi) is 5.36. The first-order valence-corrected chi connectivity index (χ1v) is 9.63. The minimum atomic E-state index is -0.563. The van der Waals surface area contributed by atoms with Crippen LogP contribution in [0.3, 0.4) is 0 Å². The van der Waals surface area contributed by atoms with E-state index in [2.05, 4.69) is 21.6 Å². The van der Waals surface area contributed by atoms with Crippen LogP contribution in [0.2, 0.25) is 0 Å². The third-order valence-corrected chi connectivity index (χ3v) is 5.36. The van der Waals surface area contributed by atoms with Gasteiger partial charge < -0.3 is 25.8 Å². The van der Waals surface area contributed by atoms with Crippen LogP contribution in [0.15, 0.2) is 42.5 Å². The number of nitrogens with zero attached hydrogens (tertiary/aromatic N) is 2. The van der Waals surface area contributed by atoms with Crippen molar-refractivity contribution in [1.29, 1.82) is 0 Å². The zero-order valence-electron chi connectivity index (χ0n) is 15.7.